The topological polar surface area (TPSA) is 61.8 Å². The molecule has 1 heterocycles. The second kappa shape index (κ2) is 5.55. The van der Waals surface area contributed by atoms with Gasteiger partial charge < -0.3 is 5.32 Å². The predicted molar refractivity (Wildman–Crippen MR) is 84.5 cm³/mol. The molecule has 1 spiro atoms. The van der Waals surface area contributed by atoms with Gasteiger partial charge in [-0.05, 0) is 44.1 Å². The summed E-state index contributed by atoms with van der Waals surface area (Å²) in [6, 6.07) is 7.35. The summed E-state index contributed by atoms with van der Waals surface area (Å²) in [5.74, 6) is 0.397. The molecule has 0 atom stereocenters. The van der Waals surface area contributed by atoms with Gasteiger partial charge in [0.25, 0.3) is 5.91 Å². The minimum Gasteiger partial charge on any atom is -0.321 e. The monoisotopic (exact) mass is 299 g/mol. The van der Waals surface area contributed by atoms with Crippen molar-refractivity contribution in [1.82, 2.24) is 10.3 Å². The smallest absolute Gasteiger partial charge is 0.321 e. The van der Waals surface area contributed by atoms with E-state index in [0.29, 0.717) is 18.8 Å². The number of hydrazone groups is 1. The Morgan fingerprint density at radius 3 is 2.73 bits per heavy atom. The zero-order chi connectivity index (χ0) is 15.7. The van der Waals surface area contributed by atoms with Gasteiger partial charge in [0.15, 0.2) is 0 Å². The average molecular weight is 299 g/mol. The number of carbonyl (C=O) groups is 2. The summed E-state index contributed by atoms with van der Waals surface area (Å²) in [5.41, 5.74) is 1.26. The molecule has 1 aromatic rings. The lowest BCUT2D eigenvalue weighted by Gasteiger charge is -2.33. The standard InChI is InChI=1S/C17H21N3O2/c1-12-6-8-17(9-7-12)15(21)20(16(22)19-17)18-11-14-5-3-4-13(2)10-14/h3-5,10-12H,6-9H2,1-2H3,(H,19,22). The van der Waals surface area contributed by atoms with Gasteiger partial charge in [0.2, 0.25) is 0 Å². The first-order chi connectivity index (χ1) is 10.5. The minimum atomic E-state index is -0.729. The van der Waals surface area contributed by atoms with Gasteiger partial charge in [-0.15, -0.1) is 5.01 Å². The average Bonchev–Trinajstić information content (AvgIpc) is 2.72. The predicted octanol–water partition coefficient (Wildman–Crippen LogP) is 2.83. The number of benzene rings is 1. The highest BCUT2D eigenvalue weighted by atomic mass is 16.2. The molecule has 3 amide bonds. The van der Waals surface area contributed by atoms with Crippen molar-refractivity contribution < 1.29 is 9.59 Å². The first kappa shape index (κ1) is 14.8. The van der Waals surface area contributed by atoms with Crippen LogP contribution in [0.3, 0.4) is 0 Å². The van der Waals surface area contributed by atoms with Crippen LogP contribution >= 0.6 is 0 Å². The summed E-state index contributed by atoms with van der Waals surface area (Å²) in [6.07, 6.45) is 4.89. The molecule has 1 saturated heterocycles. The fourth-order valence-corrected chi connectivity index (χ4v) is 3.18. The molecular weight excluding hydrogens is 278 g/mol. The van der Waals surface area contributed by atoms with E-state index in [-0.39, 0.29) is 5.91 Å². The van der Waals surface area contributed by atoms with E-state index in [4.69, 9.17) is 0 Å². The molecule has 1 saturated carbocycles. The minimum absolute atomic E-state index is 0.215. The van der Waals surface area contributed by atoms with E-state index >= 15 is 0 Å². The molecule has 0 bridgehead atoms. The molecule has 5 heteroatoms. The third-order valence-corrected chi connectivity index (χ3v) is 4.63. The quantitative estimate of drug-likeness (QED) is 0.674. The van der Waals surface area contributed by atoms with E-state index in [0.717, 1.165) is 29.0 Å². The fraction of sp³-hybridized carbons (Fsp3) is 0.471. The van der Waals surface area contributed by atoms with Crippen LogP contribution in [0.2, 0.25) is 0 Å². The number of nitrogens with zero attached hydrogens (tertiary/aromatic N) is 2. The van der Waals surface area contributed by atoms with Crippen molar-refractivity contribution in [3.63, 3.8) is 0 Å². The van der Waals surface area contributed by atoms with Crippen molar-refractivity contribution in [2.24, 2.45) is 11.0 Å². The number of aryl methyl sites for hydroxylation is 1. The molecule has 0 aromatic heterocycles. The first-order valence-electron chi connectivity index (χ1n) is 7.77. The Morgan fingerprint density at radius 2 is 2.05 bits per heavy atom. The lowest BCUT2D eigenvalue weighted by Crippen LogP contribution is -2.49. The van der Waals surface area contributed by atoms with Crippen LogP contribution in [0.25, 0.3) is 0 Å². The number of hydrogen-bond donors (Lipinski definition) is 1. The van der Waals surface area contributed by atoms with E-state index < -0.39 is 11.6 Å². The van der Waals surface area contributed by atoms with Gasteiger partial charge in [-0.25, -0.2) is 4.79 Å². The van der Waals surface area contributed by atoms with Crippen molar-refractivity contribution in [2.45, 2.75) is 45.1 Å². The van der Waals surface area contributed by atoms with E-state index in [2.05, 4.69) is 17.3 Å². The van der Waals surface area contributed by atoms with Crippen LogP contribution in [0.15, 0.2) is 29.4 Å². The largest absolute Gasteiger partial charge is 0.346 e. The molecule has 3 rings (SSSR count). The van der Waals surface area contributed by atoms with Gasteiger partial charge >= 0.3 is 6.03 Å². The molecule has 2 aliphatic rings. The molecule has 116 valence electrons. The molecule has 1 N–H and O–H groups in total. The van der Waals surface area contributed by atoms with Gasteiger partial charge in [-0.3, -0.25) is 4.79 Å². The maximum Gasteiger partial charge on any atom is 0.346 e. The van der Waals surface area contributed by atoms with Crippen molar-refractivity contribution >= 4 is 18.2 Å². The van der Waals surface area contributed by atoms with Gasteiger partial charge in [-0.2, -0.15) is 5.10 Å². The zero-order valence-electron chi connectivity index (χ0n) is 13.0. The summed E-state index contributed by atoms with van der Waals surface area (Å²) >= 11 is 0. The Morgan fingerprint density at radius 1 is 1.32 bits per heavy atom. The summed E-state index contributed by atoms with van der Waals surface area (Å²) in [6.45, 7) is 4.17. The Labute approximate surface area is 130 Å². The SMILES string of the molecule is Cc1cccc(C=NN2C(=O)NC3(CCC(C)CC3)C2=O)c1. The van der Waals surface area contributed by atoms with E-state index in [9.17, 15) is 9.59 Å². The van der Waals surface area contributed by atoms with E-state index in [1.807, 2.05) is 31.2 Å². The van der Waals surface area contributed by atoms with Crippen molar-refractivity contribution in [2.75, 3.05) is 0 Å². The highest BCUT2D eigenvalue weighted by molar-refractivity contribution is 6.07. The molecule has 22 heavy (non-hydrogen) atoms. The normalized spacial score (nSPS) is 28.6. The van der Waals surface area contributed by atoms with E-state index in [1.54, 1.807) is 6.21 Å². The Bertz CT molecular complexity index is 631. The molecule has 5 nitrogen and oxygen atoms in total. The van der Waals surface area contributed by atoms with Crippen LogP contribution in [0.1, 0.15) is 43.7 Å². The van der Waals surface area contributed by atoms with Crippen LogP contribution in [-0.4, -0.2) is 28.7 Å². The number of nitrogens with one attached hydrogen (secondary N) is 1. The lowest BCUT2D eigenvalue weighted by molar-refractivity contribution is -0.132. The van der Waals surface area contributed by atoms with Crippen LogP contribution in [0, 0.1) is 12.8 Å². The first-order valence-corrected chi connectivity index (χ1v) is 7.77. The van der Waals surface area contributed by atoms with Crippen molar-refractivity contribution in [3.8, 4) is 0 Å². The molecule has 1 aromatic carbocycles. The summed E-state index contributed by atoms with van der Waals surface area (Å²) in [5, 5.41) is 7.96. The molecule has 1 aliphatic heterocycles. The van der Waals surface area contributed by atoms with Gasteiger partial charge in [0, 0.05) is 0 Å². The highest BCUT2D eigenvalue weighted by Crippen LogP contribution is 2.36. The van der Waals surface area contributed by atoms with Gasteiger partial charge in [0.05, 0.1) is 6.21 Å². The van der Waals surface area contributed by atoms with Crippen molar-refractivity contribution in [1.29, 1.82) is 0 Å². The summed E-state index contributed by atoms with van der Waals surface area (Å²) in [7, 11) is 0. The highest BCUT2D eigenvalue weighted by Gasteiger charge is 2.52. The lowest BCUT2D eigenvalue weighted by atomic mass is 9.77. The van der Waals surface area contributed by atoms with Gasteiger partial charge in [0.1, 0.15) is 5.54 Å². The Hall–Kier alpha value is -2.17. The van der Waals surface area contributed by atoms with Crippen LogP contribution < -0.4 is 5.32 Å². The van der Waals surface area contributed by atoms with Crippen LogP contribution in [0.5, 0.6) is 0 Å². The van der Waals surface area contributed by atoms with Gasteiger partial charge in [-0.1, -0.05) is 36.8 Å². The summed E-state index contributed by atoms with van der Waals surface area (Å²) < 4.78 is 0. The third kappa shape index (κ3) is 2.63. The molecular formula is C17H21N3O2. The number of rotatable bonds is 2. The van der Waals surface area contributed by atoms with Crippen molar-refractivity contribution in [3.05, 3.63) is 35.4 Å². The number of carbonyl (C=O) groups excluding carboxylic acids is 2. The molecule has 0 unspecified atom stereocenters. The molecule has 1 aliphatic carbocycles. The number of hydrogen-bond acceptors (Lipinski definition) is 3. The number of urea groups is 1. The fourth-order valence-electron chi connectivity index (χ4n) is 3.18. The Kier molecular flexibility index (Phi) is 3.72. The van der Waals surface area contributed by atoms with E-state index in [1.165, 1.54) is 0 Å². The maximum atomic E-state index is 12.6. The van der Waals surface area contributed by atoms with Crippen LogP contribution in [-0.2, 0) is 4.79 Å². The summed E-state index contributed by atoms with van der Waals surface area (Å²) in [4.78, 5) is 24.7. The maximum absolute atomic E-state index is 12.6. The molecule has 0 radical (unpaired) electrons. The van der Waals surface area contributed by atoms with Crippen LogP contribution in [0.4, 0.5) is 4.79 Å². The second-order valence-corrected chi connectivity index (χ2v) is 6.47. The number of imide groups is 1. The zero-order valence-corrected chi connectivity index (χ0v) is 13.0. The third-order valence-electron chi connectivity index (χ3n) is 4.63. The number of amides is 3. The Balaban J connectivity index is 1.77. The second-order valence-electron chi connectivity index (χ2n) is 6.47. The molecule has 2 fully saturated rings.